The zero-order chi connectivity index (χ0) is 11.7. The van der Waals surface area contributed by atoms with Crippen molar-refractivity contribution >= 4 is 11.3 Å². The van der Waals surface area contributed by atoms with E-state index >= 15 is 0 Å². The zero-order valence-electron chi connectivity index (χ0n) is 9.82. The minimum Gasteiger partial charge on any atom is -0.496 e. The Kier molecular flexibility index (Phi) is 2.87. The lowest BCUT2D eigenvalue weighted by molar-refractivity contribution is 0.406. The Morgan fingerprint density at radius 2 is 2.18 bits per heavy atom. The summed E-state index contributed by atoms with van der Waals surface area (Å²) in [5.74, 6) is 1.03. The van der Waals surface area contributed by atoms with Gasteiger partial charge in [-0.3, -0.25) is 0 Å². The van der Waals surface area contributed by atoms with Crippen LogP contribution in [0.5, 0.6) is 5.75 Å². The van der Waals surface area contributed by atoms with E-state index in [9.17, 15) is 0 Å². The van der Waals surface area contributed by atoms with Crippen LogP contribution in [0.4, 0.5) is 0 Å². The van der Waals surface area contributed by atoms with Crippen molar-refractivity contribution in [3.05, 3.63) is 40.8 Å². The normalized spacial score (nSPS) is 14.4. The topological polar surface area (TPSA) is 21.3 Å². The van der Waals surface area contributed by atoms with Crippen LogP contribution >= 0.6 is 11.3 Å². The van der Waals surface area contributed by atoms with E-state index in [-0.39, 0.29) is 0 Å². The number of fused-ring (bicyclic) bond motifs is 1. The standard InChI is InChI=1S/C14H15NOS/c1-16-13-5-4-11(14-3-2-8-17-14)12-9-15-7-6-10(12)13/h2-5,8,15H,6-7,9H2,1H3. The van der Waals surface area contributed by atoms with Gasteiger partial charge in [0.15, 0.2) is 0 Å². The van der Waals surface area contributed by atoms with Crippen LogP contribution in [-0.2, 0) is 13.0 Å². The van der Waals surface area contributed by atoms with Crippen molar-refractivity contribution in [2.24, 2.45) is 0 Å². The van der Waals surface area contributed by atoms with Crippen molar-refractivity contribution in [2.75, 3.05) is 13.7 Å². The summed E-state index contributed by atoms with van der Waals surface area (Å²) in [6.07, 6.45) is 1.05. The van der Waals surface area contributed by atoms with Crippen molar-refractivity contribution in [1.82, 2.24) is 5.32 Å². The molecular formula is C14H15NOS. The van der Waals surface area contributed by atoms with Gasteiger partial charge in [0.05, 0.1) is 7.11 Å². The summed E-state index contributed by atoms with van der Waals surface area (Å²) in [5, 5.41) is 5.57. The third kappa shape index (κ3) is 1.85. The summed E-state index contributed by atoms with van der Waals surface area (Å²) in [6.45, 7) is 1.98. The van der Waals surface area contributed by atoms with Crippen molar-refractivity contribution in [3.63, 3.8) is 0 Å². The van der Waals surface area contributed by atoms with Crippen molar-refractivity contribution in [3.8, 4) is 16.2 Å². The molecule has 1 N–H and O–H groups in total. The van der Waals surface area contributed by atoms with Gasteiger partial charge in [0.2, 0.25) is 0 Å². The van der Waals surface area contributed by atoms with Crippen LogP contribution in [0.1, 0.15) is 11.1 Å². The molecular weight excluding hydrogens is 230 g/mol. The van der Waals surface area contributed by atoms with E-state index in [2.05, 4.69) is 35.0 Å². The average Bonchev–Trinajstić information content (AvgIpc) is 2.91. The molecule has 0 aliphatic carbocycles. The molecule has 1 aliphatic rings. The van der Waals surface area contributed by atoms with Gasteiger partial charge in [-0.2, -0.15) is 0 Å². The number of nitrogens with one attached hydrogen (secondary N) is 1. The molecule has 17 heavy (non-hydrogen) atoms. The number of rotatable bonds is 2. The number of hydrogen-bond acceptors (Lipinski definition) is 3. The molecule has 0 atom stereocenters. The van der Waals surface area contributed by atoms with Gasteiger partial charge in [0.1, 0.15) is 5.75 Å². The number of thiophene rings is 1. The third-order valence-electron chi connectivity index (χ3n) is 3.25. The van der Waals surface area contributed by atoms with Gasteiger partial charge >= 0.3 is 0 Å². The van der Waals surface area contributed by atoms with E-state index in [0.717, 1.165) is 25.3 Å². The first-order valence-corrected chi connectivity index (χ1v) is 6.71. The monoisotopic (exact) mass is 245 g/mol. The van der Waals surface area contributed by atoms with Crippen molar-refractivity contribution < 1.29 is 4.74 Å². The lowest BCUT2D eigenvalue weighted by atomic mass is 9.94. The van der Waals surface area contributed by atoms with Crippen LogP contribution in [0.15, 0.2) is 29.6 Å². The molecule has 88 valence electrons. The second-order valence-electron chi connectivity index (χ2n) is 4.18. The summed E-state index contributed by atoms with van der Waals surface area (Å²) in [6, 6.07) is 8.56. The number of benzene rings is 1. The maximum Gasteiger partial charge on any atom is 0.122 e. The Hall–Kier alpha value is -1.32. The van der Waals surface area contributed by atoms with Gasteiger partial charge in [-0.15, -0.1) is 11.3 Å². The van der Waals surface area contributed by atoms with Gasteiger partial charge in [-0.25, -0.2) is 0 Å². The number of hydrogen-bond donors (Lipinski definition) is 1. The quantitative estimate of drug-likeness (QED) is 0.878. The highest BCUT2D eigenvalue weighted by atomic mass is 32.1. The first-order valence-electron chi connectivity index (χ1n) is 5.83. The molecule has 3 rings (SSSR count). The van der Waals surface area contributed by atoms with E-state index in [1.165, 1.54) is 21.6 Å². The van der Waals surface area contributed by atoms with E-state index < -0.39 is 0 Å². The van der Waals surface area contributed by atoms with Gasteiger partial charge in [-0.05, 0) is 47.7 Å². The molecule has 0 radical (unpaired) electrons. The molecule has 1 aromatic heterocycles. The summed E-state index contributed by atoms with van der Waals surface area (Å²) in [5.41, 5.74) is 4.12. The molecule has 0 bridgehead atoms. The summed E-state index contributed by atoms with van der Waals surface area (Å²) in [4.78, 5) is 1.34. The maximum absolute atomic E-state index is 5.46. The van der Waals surface area contributed by atoms with Crippen molar-refractivity contribution in [2.45, 2.75) is 13.0 Å². The van der Waals surface area contributed by atoms with Gasteiger partial charge in [0, 0.05) is 17.0 Å². The van der Waals surface area contributed by atoms with Crippen LogP contribution in [0.25, 0.3) is 10.4 Å². The molecule has 3 heteroatoms. The van der Waals surface area contributed by atoms with Crippen LogP contribution in [-0.4, -0.2) is 13.7 Å². The fourth-order valence-electron chi connectivity index (χ4n) is 2.43. The van der Waals surface area contributed by atoms with Gasteiger partial charge in [-0.1, -0.05) is 6.07 Å². The van der Waals surface area contributed by atoms with E-state index in [4.69, 9.17) is 4.74 Å². The van der Waals surface area contributed by atoms with Gasteiger partial charge in [0.25, 0.3) is 0 Å². The molecule has 2 heterocycles. The Labute approximate surface area is 105 Å². The molecule has 0 amide bonds. The Morgan fingerprint density at radius 1 is 1.24 bits per heavy atom. The van der Waals surface area contributed by atoms with Crippen LogP contribution in [0.2, 0.25) is 0 Å². The van der Waals surface area contributed by atoms with Crippen LogP contribution in [0, 0.1) is 0 Å². The maximum atomic E-state index is 5.46. The molecule has 2 nitrogen and oxygen atoms in total. The second-order valence-corrected chi connectivity index (χ2v) is 5.12. The third-order valence-corrected chi connectivity index (χ3v) is 4.15. The Bertz CT molecular complexity index is 519. The molecule has 1 aromatic carbocycles. The zero-order valence-corrected chi connectivity index (χ0v) is 10.6. The highest BCUT2D eigenvalue weighted by Crippen LogP contribution is 2.35. The van der Waals surface area contributed by atoms with E-state index in [0.29, 0.717) is 0 Å². The van der Waals surface area contributed by atoms with Crippen molar-refractivity contribution in [1.29, 1.82) is 0 Å². The molecule has 0 spiro atoms. The number of ether oxygens (including phenoxy) is 1. The fourth-order valence-corrected chi connectivity index (χ4v) is 3.21. The average molecular weight is 245 g/mol. The van der Waals surface area contributed by atoms with E-state index in [1.54, 1.807) is 18.4 Å². The first kappa shape index (κ1) is 10.8. The lowest BCUT2D eigenvalue weighted by Gasteiger charge is -2.22. The predicted octanol–water partition coefficient (Wildman–Crippen LogP) is 3.07. The Morgan fingerprint density at radius 3 is 2.94 bits per heavy atom. The number of methoxy groups -OCH3 is 1. The molecule has 0 saturated heterocycles. The second kappa shape index (κ2) is 4.51. The van der Waals surface area contributed by atoms with Crippen LogP contribution in [0.3, 0.4) is 0 Å². The summed E-state index contributed by atoms with van der Waals surface area (Å²) < 4.78 is 5.46. The summed E-state index contributed by atoms with van der Waals surface area (Å²) in [7, 11) is 1.75. The molecule has 2 aromatic rings. The minimum atomic E-state index is 0.944. The molecule has 0 fully saturated rings. The lowest BCUT2D eigenvalue weighted by Crippen LogP contribution is -2.24. The van der Waals surface area contributed by atoms with Crippen LogP contribution < -0.4 is 10.1 Å². The fraction of sp³-hybridized carbons (Fsp3) is 0.286. The Balaban J connectivity index is 2.17. The predicted molar refractivity (Wildman–Crippen MR) is 71.7 cm³/mol. The smallest absolute Gasteiger partial charge is 0.122 e. The minimum absolute atomic E-state index is 0.944. The largest absolute Gasteiger partial charge is 0.496 e. The summed E-state index contributed by atoms with van der Waals surface area (Å²) >= 11 is 1.79. The SMILES string of the molecule is COc1ccc(-c2cccs2)c2c1CCNC2. The molecule has 1 aliphatic heterocycles. The van der Waals surface area contributed by atoms with E-state index in [1.807, 2.05) is 0 Å². The van der Waals surface area contributed by atoms with Gasteiger partial charge < -0.3 is 10.1 Å². The molecule has 0 unspecified atom stereocenters. The highest BCUT2D eigenvalue weighted by Gasteiger charge is 2.18. The molecule has 0 saturated carbocycles. The highest BCUT2D eigenvalue weighted by molar-refractivity contribution is 7.13. The first-order chi connectivity index (χ1) is 8.40.